The zero-order valence-corrected chi connectivity index (χ0v) is 19.7. The molecule has 0 aliphatic heterocycles. The van der Waals surface area contributed by atoms with E-state index in [4.69, 9.17) is 9.47 Å². The predicted octanol–water partition coefficient (Wildman–Crippen LogP) is 4.62. The van der Waals surface area contributed by atoms with Crippen LogP contribution in [0.2, 0.25) is 0 Å². The average Bonchev–Trinajstić information content (AvgIpc) is 3.50. The summed E-state index contributed by atoms with van der Waals surface area (Å²) in [7, 11) is 5.01. The largest absolute Gasteiger partial charge is 0.497 e. The average molecular weight is 479 g/mol. The van der Waals surface area contributed by atoms with Crippen LogP contribution in [-0.4, -0.2) is 34.7 Å². The number of thiazole rings is 1. The van der Waals surface area contributed by atoms with Gasteiger partial charge in [0.05, 0.1) is 19.9 Å². The van der Waals surface area contributed by atoms with Crippen molar-refractivity contribution in [3.05, 3.63) is 89.2 Å². The number of carbonyl (C=O) groups is 1. The Kier molecular flexibility index (Phi) is 7.03. The standard InChI is InChI=1S/C25H23FN4O3S/c1-30-11-10-27-24(30)23(17-12-20(32-2)14-21(13-17)33-3)29-22(31)9-8-19-15-34-25(28-19)16-4-6-18(26)7-5-16/h4-15,23H,1-3H3,(H,29,31)/b9-8+. The second kappa shape index (κ2) is 10.3. The van der Waals surface area contributed by atoms with Gasteiger partial charge in [-0.25, -0.2) is 14.4 Å². The predicted molar refractivity (Wildman–Crippen MR) is 129 cm³/mol. The molecule has 2 aromatic heterocycles. The molecular weight excluding hydrogens is 455 g/mol. The number of aromatic nitrogens is 3. The van der Waals surface area contributed by atoms with Crippen molar-refractivity contribution in [2.24, 2.45) is 7.05 Å². The minimum atomic E-state index is -0.536. The highest BCUT2D eigenvalue weighted by Gasteiger charge is 2.21. The van der Waals surface area contributed by atoms with Gasteiger partial charge in [0, 0.05) is 42.5 Å². The second-order valence-corrected chi connectivity index (χ2v) is 8.26. The number of nitrogens with zero attached hydrogens (tertiary/aromatic N) is 3. The molecule has 0 bridgehead atoms. The molecular formula is C25H23FN4O3S. The maximum atomic E-state index is 13.2. The summed E-state index contributed by atoms with van der Waals surface area (Å²) in [6.45, 7) is 0. The maximum absolute atomic E-state index is 13.2. The molecule has 0 fully saturated rings. The number of rotatable bonds is 8. The van der Waals surface area contributed by atoms with E-state index in [1.54, 1.807) is 44.7 Å². The van der Waals surface area contributed by atoms with E-state index in [-0.39, 0.29) is 11.7 Å². The van der Waals surface area contributed by atoms with E-state index in [2.05, 4.69) is 15.3 Å². The van der Waals surface area contributed by atoms with Gasteiger partial charge in [-0.1, -0.05) is 0 Å². The summed E-state index contributed by atoms with van der Waals surface area (Å²) < 4.78 is 25.8. The van der Waals surface area contributed by atoms with Crippen LogP contribution in [0.3, 0.4) is 0 Å². The van der Waals surface area contributed by atoms with Gasteiger partial charge in [0.1, 0.15) is 34.2 Å². The zero-order chi connectivity index (χ0) is 24.1. The van der Waals surface area contributed by atoms with Crippen molar-refractivity contribution in [1.82, 2.24) is 19.9 Å². The first-order chi connectivity index (χ1) is 16.5. The molecule has 0 saturated carbocycles. The number of benzene rings is 2. The van der Waals surface area contributed by atoms with Crippen LogP contribution in [0, 0.1) is 5.82 Å². The highest BCUT2D eigenvalue weighted by molar-refractivity contribution is 7.13. The molecule has 1 unspecified atom stereocenters. The second-order valence-electron chi connectivity index (χ2n) is 7.40. The Labute approximate surface area is 200 Å². The van der Waals surface area contributed by atoms with Gasteiger partial charge >= 0.3 is 0 Å². The van der Waals surface area contributed by atoms with Gasteiger partial charge in [-0.3, -0.25) is 4.79 Å². The third-order valence-electron chi connectivity index (χ3n) is 5.13. The number of hydrogen-bond donors (Lipinski definition) is 1. The summed E-state index contributed by atoms with van der Waals surface area (Å²) >= 11 is 1.42. The molecule has 1 amide bonds. The molecule has 174 valence electrons. The van der Waals surface area contributed by atoms with Crippen LogP contribution in [-0.2, 0) is 11.8 Å². The van der Waals surface area contributed by atoms with Crippen LogP contribution in [0.1, 0.15) is 23.1 Å². The van der Waals surface area contributed by atoms with Crippen molar-refractivity contribution >= 4 is 23.3 Å². The lowest BCUT2D eigenvalue weighted by Gasteiger charge is -2.20. The molecule has 34 heavy (non-hydrogen) atoms. The van der Waals surface area contributed by atoms with Gasteiger partial charge in [-0.05, 0) is 48.0 Å². The van der Waals surface area contributed by atoms with Gasteiger partial charge in [-0.2, -0.15) is 0 Å². The minimum Gasteiger partial charge on any atom is -0.497 e. The lowest BCUT2D eigenvalue weighted by Crippen LogP contribution is -2.29. The number of hydrogen-bond acceptors (Lipinski definition) is 6. The van der Waals surface area contributed by atoms with Crippen molar-refractivity contribution < 1.29 is 18.7 Å². The number of methoxy groups -OCH3 is 2. The van der Waals surface area contributed by atoms with Crippen LogP contribution in [0.5, 0.6) is 11.5 Å². The Morgan fingerprint density at radius 2 is 1.85 bits per heavy atom. The SMILES string of the molecule is COc1cc(OC)cc(C(NC(=O)/C=C/c2csc(-c3ccc(F)cc3)n2)c2nccn2C)c1. The van der Waals surface area contributed by atoms with E-state index < -0.39 is 6.04 Å². The van der Waals surface area contributed by atoms with Gasteiger partial charge in [0.25, 0.3) is 0 Å². The molecule has 0 saturated heterocycles. The van der Waals surface area contributed by atoms with E-state index in [1.807, 2.05) is 35.3 Å². The third kappa shape index (κ3) is 5.32. The smallest absolute Gasteiger partial charge is 0.244 e. The zero-order valence-electron chi connectivity index (χ0n) is 18.9. The monoisotopic (exact) mass is 478 g/mol. The summed E-state index contributed by atoms with van der Waals surface area (Å²) in [6, 6.07) is 11.0. The number of aryl methyl sites for hydroxylation is 1. The van der Waals surface area contributed by atoms with Gasteiger partial charge in [0.2, 0.25) is 5.91 Å². The minimum absolute atomic E-state index is 0.298. The highest BCUT2D eigenvalue weighted by atomic mass is 32.1. The summed E-state index contributed by atoms with van der Waals surface area (Å²) in [6.07, 6.45) is 6.55. The first kappa shape index (κ1) is 23.2. The fourth-order valence-electron chi connectivity index (χ4n) is 3.39. The van der Waals surface area contributed by atoms with Gasteiger partial charge < -0.3 is 19.4 Å². The van der Waals surface area contributed by atoms with E-state index >= 15 is 0 Å². The molecule has 1 N–H and O–H groups in total. The molecule has 1 atom stereocenters. The van der Waals surface area contributed by atoms with E-state index in [1.165, 1.54) is 29.5 Å². The normalized spacial score (nSPS) is 12.0. The number of halogens is 1. The van der Waals surface area contributed by atoms with Crippen LogP contribution >= 0.6 is 11.3 Å². The van der Waals surface area contributed by atoms with Gasteiger partial charge in [0.15, 0.2) is 0 Å². The van der Waals surface area contributed by atoms with E-state index in [0.717, 1.165) is 16.1 Å². The fourth-order valence-corrected chi connectivity index (χ4v) is 4.18. The fraction of sp³-hybridized carbons (Fsp3) is 0.160. The number of imidazole rings is 1. The molecule has 7 nitrogen and oxygen atoms in total. The number of ether oxygens (including phenoxy) is 2. The van der Waals surface area contributed by atoms with Crippen LogP contribution in [0.25, 0.3) is 16.6 Å². The lowest BCUT2D eigenvalue weighted by molar-refractivity contribution is -0.117. The van der Waals surface area contributed by atoms with E-state index in [9.17, 15) is 9.18 Å². The lowest BCUT2D eigenvalue weighted by atomic mass is 10.0. The Morgan fingerprint density at radius 1 is 1.15 bits per heavy atom. The number of nitrogens with one attached hydrogen (secondary N) is 1. The van der Waals surface area contributed by atoms with Gasteiger partial charge in [-0.15, -0.1) is 11.3 Å². The Hall–Kier alpha value is -3.98. The first-order valence-electron chi connectivity index (χ1n) is 10.4. The molecule has 2 aromatic carbocycles. The topological polar surface area (TPSA) is 78.3 Å². The van der Waals surface area contributed by atoms with E-state index in [0.29, 0.717) is 23.0 Å². The van der Waals surface area contributed by atoms with Crippen molar-refractivity contribution in [2.45, 2.75) is 6.04 Å². The Balaban J connectivity index is 1.56. The van der Waals surface area contributed by atoms with Crippen LogP contribution < -0.4 is 14.8 Å². The highest BCUT2D eigenvalue weighted by Crippen LogP contribution is 2.29. The molecule has 4 aromatic rings. The summed E-state index contributed by atoms with van der Waals surface area (Å²) in [5.41, 5.74) is 2.22. The van der Waals surface area contributed by atoms with Crippen molar-refractivity contribution in [2.75, 3.05) is 14.2 Å². The summed E-state index contributed by atoms with van der Waals surface area (Å²) in [4.78, 5) is 21.8. The maximum Gasteiger partial charge on any atom is 0.244 e. The number of amides is 1. The molecule has 0 radical (unpaired) electrons. The Bertz CT molecular complexity index is 1290. The summed E-state index contributed by atoms with van der Waals surface area (Å²) in [5.74, 6) is 1.26. The molecule has 9 heteroatoms. The van der Waals surface area contributed by atoms with Crippen molar-refractivity contribution in [3.63, 3.8) is 0 Å². The Morgan fingerprint density at radius 3 is 2.47 bits per heavy atom. The van der Waals surface area contributed by atoms with Crippen molar-refractivity contribution in [3.8, 4) is 22.1 Å². The summed E-state index contributed by atoms with van der Waals surface area (Å²) in [5, 5.41) is 5.59. The number of carbonyl (C=O) groups excluding carboxylic acids is 1. The molecule has 0 aliphatic carbocycles. The van der Waals surface area contributed by atoms with Crippen LogP contribution in [0.15, 0.2) is 66.3 Å². The van der Waals surface area contributed by atoms with Crippen molar-refractivity contribution in [1.29, 1.82) is 0 Å². The molecule has 2 heterocycles. The third-order valence-corrected chi connectivity index (χ3v) is 6.04. The molecule has 0 aliphatic rings. The quantitative estimate of drug-likeness (QED) is 0.374. The first-order valence-corrected chi connectivity index (χ1v) is 11.2. The van der Waals surface area contributed by atoms with Crippen LogP contribution in [0.4, 0.5) is 4.39 Å². The molecule has 4 rings (SSSR count). The molecule has 0 spiro atoms.